The monoisotopic (exact) mass is 352 g/mol. The molecule has 2 rings (SSSR count). The summed E-state index contributed by atoms with van der Waals surface area (Å²) in [6.45, 7) is 2.93. The minimum absolute atomic E-state index is 0. The lowest BCUT2D eigenvalue weighted by Crippen LogP contribution is -2.39. The number of esters is 1. The topological polar surface area (TPSA) is 103 Å². The molecule has 1 aliphatic rings. The van der Waals surface area contributed by atoms with E-state index in [9.17, 15) is 13.2 Å². The first-order chi connectivity index (χ1) is 9.90. The lowest BCUT2D eigenvalue weighted by atomic mass is 9.99. The Morgan fingerprint density at radius 3 is 2.55 bits per heavy atom. The number of halogens is 1. The quantitative estimate of drug-likeness (QED) is 0.815. The van der Waals surface area contributed by atoms with Crippen molar-refractivity contribution < 1.29 is 22.4 Å². The molecule has 2 N–H and O–H groups in total. The van der Waals surface area contributed by atoms with Gasteiger partial charge in [0, 0.05) is 19.2 Å². The number of methoxy groups -OCH3 is 1. The van der Waals surface area contributed by atoms with Crippen LogP contribution in [0, 0.1) is 12.8 Å². The van der Waals surface area contributed by atoms with Crippen LogP contribution < -0.4 is 5.73 Å². The van der Waals surface area contributed by atoms with Crippen molar-refractivity contribution in [2.24, 2.45) is 11.7 Å². The standard InChI is InChI=1S/C13H20N2O5S.ClH/c1-9-11(13(16)19-2)7-12(20-9)21(17,18)15-5-3-10(8-14)4-6-15;/h7,10H,3-6,8,14H2,1-2H3;1H. The van der Waals surface area contributed by atoms with Crippen LogP contribution in [-0.2, 0) is 14.8 Å². The predicted octanol–water partition coefficient (Wildman–Crippen LogP) is 1.16. The van der Waals surface area contributed by atoms with Crippen molar-refractivity contribution in [2.45, 2.75) is 24.9 Å². The molecule has 7 nitrogen and oxygen atoms in total. The van der Waals surface area contributed by atoms with E-state index < -0.39 is 16.0 Å². The molecule has 0 saturated carbocycles. The van der Waals surface area contributed by atoms with E-state index in [1.165, 1.54) is 24.4 Å². The zero-order chi connectivity index (χ0) is 15.6. The molecule has 9 heteroatoms. The number of carbonyl (C=O) groups is 1. The number of carbonyl (C=O) groups excluding carboxylic acids is 1. The van der Waals surface area contributed by atoms with E-state index in [0.717, 1.165) is 12.8 Å². The van der Waals surface area contributed by atoms with Crippen molar-refractivity contribution >= 4 is 28.4 Å². The molecular weight excluding hydrogens is 332 g/mol. The van der Waals surface area contributed by atoms with Crippen LogP contribution in [0.4, 0.5) is 0 Å². The van der Waals surface area contributed by atoms with E-state index in [4.69, 9.17) is 10.2 Å². The number of rotatable bonds is 4. The summed E-state index contributed by atoms with van der Waals surface area (Å²) in [5.41, 5.74) is 5.74. The molecule has 0 unspecified atom stereocenters. The number of aryl methyl sites for hydroxylation is 1. The summed E-state index contributed by atoms with van der Waals surface area (Å²) in [6, 6.07) is 1.23. The molecule has 0 bridgehead atoms. The number of sulfonamides is 1. The van der Waals surface area contributed by atoms with Gasteiger partial charge in [0.05, 0.1) is 7.11 Å². The number of nitrogens with two attached hydrogens (primary N) is 1. The number of piperidine rings is 1. The molecule has 1 aliphatic heterocycles. The van der Waals surface area contributed by atoms with Gasteiger partial charge < -0.3 is 14.9 Å². The van der Waals surface area contributed by atoms with Gasteiger partial charge in [-0.1, -0.05) is 0 Å². The zero-order valence-electron chi connectivity index (χ0n) is 12.6. The van der Waals surface area contributed by atoms with Gasteiger partial charge in [-0.15, -0.1) is 12.4 Å². The molecule has 126 valence electrons. The highest BCUT2D eigenvalue weighted by atomic mass is 35.5. The highest BCUT2D eigenvalue weighted by Gasteiger charge is 2.32. The Balaban J connectivity index is 0.00000242. The van der Waals surface area contributed by atoms with E-state index in [-0.39, 0.29) is 28.8 Å². The number of hydrogen-bond donors (Lipinski definition) is 1. The second-order valence-corrected chi connectivity index (χ2v) is 6.98. The second kappa shape index (κ2) is 7.45. The summed E-state index contributed by atoms with van der Waals surface area (Å²) in [5.74, 6) is -0.0165. The second-order valence-electron chi connectivity index (χ2n) is 5.11. The van der Waals surface area contributed by atoms with Crippen molar-refractivity contribution in [3.05, 3.63) is 17.4 Å². The first-order valence-electron chi connectivity index (χ1n) is 6.79. The van der Waals surface area contributed by atoms with Crippen LogP contribution >= 0.6 is 12.4 Å². The van der Waals surface area contributed by atoms with Crippen molar-refractivity contribution in [3.63, 3.8) is 0 Å². The van der Waals surface area contributed by atoms with Gasteiger partial charge in [0.25, 0.3) is 10.0 Å². The van der Waals surface area contributed by atoms with Crippen LogP contribution in [0.5, 0.6) is 0 Å². The maximum absolute atomic E-state index is 12.5. The van der Waals surface area contributed by atoms with Crippen molar-refractivity contribution in [3.8, 4) is 0 Å². The van der Waals surface area contributed by atoms with Gasteiger partial charge in [0.2, 0.25) is 5.09 Å². The SMILES string of the molecule is COC(=O)c1cc(S(=O)(=O)N2CCC(CN)CC2)oc1C.Cl. The number of furan rings is 1. The minimum Gasteiger partial charge on any atom is -0.465 e. The van der Waals surface area contributed by atoms with Crippen LogP contribution in [0.2, 0.25) is 0 Å². The molecule has 1 aromatic heterocycles. The predicted molar refractivity (Wildman–Crippen MR) is 82.6 cm³/mol. The molecule has 0 radical (unpaired) electrons. The van der Waals surface area contributed by atoms with Gasteiger partial charge in [-0.25, -0.2) is 13.2 Å². The van der Waals surface area contributed by atoms with Gasteiger partial charge in [0.1, 0.15) is 11.3 Å². The molecular formula is C13H21ClN2O5S. The van der Waals surface area contributed by atoms with Gasteiger partial charge >= 0.3 is 5.97 Å². The van der Waals surface area contributed by atoms with E-state index in [1.54, 1.807) is 0 Å². The molecule has 1 aromatic rings. The first kappa shape index (κ1) is 19.0. The summed E-state index contributed by atoms with van der Waals surface area (Å²) < 4.78 is 36.2. The average molecular weight is 353 g/mol. The number of nitrogens with zero attached hydrogens (tertiary/aromatic N) is 1. The van der Waals surface area contributed by atoms with Crippen LogP contribution in [0.1, 0.15) is 29.0 Å². The maximum Gasteiger partial charge on any atom is 0.341 e. The molecule has 0 aromatic carbocycles. The van der Waals surface area contributed by atoms with Gasteiger partial charge in [0.15, 0.2) is 0 Å². The van der Waals surface area contributed by atoms with Gasteiger partial charge in [-0.3, -0.25) is 0 Å². The minimum atomic E-state index is -3.72. The Morgan fingerprint density at radius 2 is 2.05 bits per heavy atom. The summed E-state index contributed by atoms with van der Waals surface area (Å²) >= 11 is 0. The Kier molecular flexibility index (Phi) is 6.42. The maximum atomic E-state index is 12.5. The summed E-state index contributed by atoms with van der Waals surface area (Å²) in [6.07, 6.45) is 1.47. The third-order valence-corrected chi connectivity index (χ3v) is 5.56. The molecule has 22 heavy (non-hydrogen) atoms. The normalized spacial score (nSPS) is 17.0. The lowest BCUT2D eigenvalue weighted by molar-refractivity contribution is 0.0599. The smallest absolute Gasteiger partial charge is 0.341 e. The summed E-state index contributed by atoms with van der Waals surface area (Å²) in [7, 11) is -2.48. The largest absolute Gasteiger partial charge is 0.465 e. The van der Waals surface area contributed by atoms with E-state index in [1.807, 2.05) is 0 Å². The van der Waals surface area contributed by atoms with E-state index >= 15 is 0 Å². The molecule has 0 atom stereocenters. The van der Waals surface area contributed by atoms with Crippen LogP contribution in [0.3, 0.4) is 0 Å². The molecule has 0 amide bonds. The van der Waals surface area contributed by atoms with E-state index in [0.29, 0.717) is 25.6 Å². The molecule has 1 fully saturated rings. The molecule has 2 heterocycles. The number of hydrogen-bond acceptors (Lipinski definition) is 6. The Labute approximate surface area is 136 Å². The molecule has 0 aliphatic carbocycles. The fraction of sp³-hybridized carbons (Fsp3) is 0.615. The molecule has 1 saturated heterocycles. The number of ether oxygens (including phenoxy) is 1. The fourth-order valence-electron chi connectivity index (χ4n) is 2.41. The third kappa shape index (κ3) is 3.62. The van der Waals surface area contributed by atoms with Gasteiger partial charge in [-0.05, 0) is 32.2 Å². The van der Waals surface area contributed by atoms with Crippen molar-refractivity contribution in [2.75, 3.05) is 26.7 Å². The average Bonchev–Trinajstić information content (AvgIpc) is 2.89. The third-order valence-electron chi connectivity index (χ3n) is 3.80. The van der Waals surface area contributed by atoms with Crippen LogP contribution in [-0.4, -0.2) is 45.4 Å². The Hall–Kier alpha value is -1.09. The van der Waals surface area contributed by atoms with Crippen molar-refractivity contribution in [1.82, 2.24) is 4.31 Å². The van der Waals surface area contributed by atoms with Gasteiger partial charge in [-0.2, -0.15) is 4.31 Å². The summed E-state index contributed by atoms with van der Waals surface area (Å²) in [4.78, 5) is 11.5. The van der Waals surface area contributed by atoms with Crippen LogP contribution in [0.25, 0.3) is 0 Å². The first-order valence-corrected chi connectivity index (χ1v) is 8.23. The van der Waals surface area contributed by atoms with Crippen molar-refractivity contribution in [1.29, 1.82) is 0 Å². The van der Waals surface area contributed by atoms with E-state index in [2.05, 4.69) is 4.74 Å². The Bertz CT molecular complexity index is 620. The fourth-order valence-corrected chi connectivity index (χ4v) is 3.85. The highest BCUT2D eigenvalue weighted by Crippen LogP contribution is 2.26. The van der Waals surface area contributed by atoms with Crippen LogP contribution in [0.15, 0.2) is 15.6 Å². The zero-order valence-corrected chi connectivity index (χ0v) is 14.2. The summed E-state index contributed by atoms with van der Waals surface area (Å²) in [5, 5.41) is -0.216. The molecule has 0 spiro atoms. The Morgan fingerprint density at radius 1 is 1.45 bits per heavy atom. The lowest BCUT2D eigenvalue weighted by Gasteiger charge is -2.29. The highest BCUT2D eigenvalue weighted by molar-refractivity contribution is 7.89.